The second-order valence-corrected chi connectivity index (χ2v) is 7.46. The molecule has 0 radical (unpaired) electrons. The van der Waals surface area contributed by atoms with E-state index in [1.807, 2.05) is 79.0 Å². The Kier molecular flexibility index (Phi) is 6.08. The van der Waals surface area contributed by atoms with Crippen LogP contribution in [0, 0.1) is 13.8 Å². The largest absolute Gasteiger partial charge is 0.322 e. The normalized spacial score (nSPS) is 11.0. The van der Waals surface area contributed by atoms with Crippen molar-refractivity contribution >= 4 is 27.5 Å². The quantitative estimate of drug-likeness (QED) is 0.638. The number of likely N-dealkylation sites (N-methyl/N-ethyl adjacent to an activating group) is 1. The second-order valence-electron chi connectivity index (χ2n) is 6.61. The number of carbonyl (C=O) groups is 1. The van der Waals surface area contributed by atoms with Gasteiger partial charge in [0.2, 0.25) is 5.91 Å². The molecule has 0 aliphatic rings. The van der Waals surface area contributed by atoms with Crippen molar-refractivity contribution in [3.8, 4) is 5.69 Å². The lowest BCUT2D eigenvalue weighted by molar-refractivity contribution is -0.117. The smallest absolute Gasteiger partial charge is 0.238 e. The zero-order valence-corrected chi connectivity index (χ0v) is 17.3. The molecular formula is C21H23BrN4O. The van der Waals surface area contributed by atoms with Crippen LogP contribution in [0.3, 0.4) is 0 Å². The van der Waals surface area contributed by atoms with Crippen LogP contribution in [-0.2, 0) is 11.3 Å². The van der Waals surface area contributed by atoms with E-state index in [0.29, 0.717) is 13.1 Å². The summed E-state index contributed by atoms with van der Waals surface area (Å²) in [7, 11) is 1.94. The highest BCUT2D eigenvalue weighted by Crippen LogP contribution is 2.23. The predicted octanol–water partition coefficient (Wildman–Crippen LogP) is 4.32. The second kappa shape index (κ2) is 8.50. The van der Waals surface area contributed by atoms with Crippen LogP contribution < -0.4 is 5.32 Å². The van der Waals surface area contributed by atoms with Gasteiger partial charge in [-0.25, -0.2) is 4.68 Å². The van der Waals surface area contributed by atoms with E-state index >= 15 is 0 Å². The Hall–Kier alpha value is -2.44. The number of rotatable bonds is 6. The van der Waals surface area contributed by atoms with Gasteiger partial charge in [-0.1, -0.05) is 52.3 Å². The molecule has 0 aliphatic carbocycles. The number of anilines is 1. The van der Waals surface area contributed by atoms with Gasteiger partial charge >= 0.3 is 0 Å². The molecule has 1 N–H and O–H groups in total. The van der Waals surface area contributed by atoms with Gasteiger partial charge in [0, 0.05) is 11.0 Å². The zero-order valence-electron chi connectivity index (χ0n) is 15.7. The fourth-order valence-electron chi connectivity index (χ4n) is 3.04. The van der Waals surface area contributed by atoms with Crippen molar-refractivity contribution in [3.05, 3.63) is 76.0 Å². The van der Waals surface area contributed by atoms with Gasteiger partial charge < -0.3 is 5.32 Å². The van der Waals surface area contributed by atoms with E-state index in [1.165, 1.54) is 0 Å². The Bertz CT molecular complexity index is 937. The van der Waals surface area contributed by atoms with Gasteiger partial charge in [-0.15, -0.1) is 0 Å². The minimum atomic E-state index is -0.0524. The average molecular weight is 427 g/mol. The van der Waals surface area contributed by atoms with Crippen LogP contribution in [0.2, 0.25) is 0 Å². The Morgan fingerprint density at radius 3 is 2.48 bits per heavy atom. The number of aromatic nitrogens is 2. The van der Waals surface area contributed by atoms with E-state index < -0.39 is 0 Å². The van der Waals surface area contributed by atoms with Gasteiger partial charge in [0.05, 0.1) is 29.3 Å². The molecule has 0 saturated heterocycles. The van der Waals surface area contributed by atoms with Gasteiger partial charge in [0.25, 0.3) is 0 Å². The van der Waals surface area contributed by atoms with Gasteiger partial charge in [-0.2, -0.15) is 5.10 Å². The topological polar surface area (TPSA) is 50.2 Å². The summed E-state index contributed by atoms with van der Waals surface area (Å²) in [5, 5.41) is 7.60. The van der Waals surface area contributed by atoms with Crippen molar-refractivity contribution in [1.82, 2.24) is 14.7 Å². The number of halogens is 1. The van der Waals surface area contributed by atoms with Crippen LogP contribution in [0.15, 0.2) is 59.1 Å². The van der Waals surface area contributed by atoms with Crippen molar-refractivity contribution < 1.29 is 4.79 Å². The monoisotopic (exact) mass is 426 g/mol. The van der Waals surface area contributed by atoms with E-state index in [1.54, 1.807) is 0 Å². The molecule has 0 fully saturated rings. The van der Waals surface area contributed by atoms with Gasteiger partial charge in [0.1, 0.15) is 0 Å². The summed E-state index contributed by atoms with van der Waals surface area (Å²) in [6, 6.07) is 18.0. The highest BCUT2D eigenvalue weighted by Gasteiger charge is 2.16. The van der Waals surface area contributed by atoms with Crippen molar-refractivity contribution in [2.75, 3.05) is 18.9 Å². The molecule has 0 unspecified atom stereocenters. The number of amides is 1. The van der Waals surface area contributed by atoms with Crippen molar-refractivity contribution in [2.24, 2.45) is 0 Å². The van der Waals surface area contributed by atoms with Crippen LogP contribution >= 0.6 is 15.9 Å². The SMILES string of the molecule is Cc1nn(-c2ccccc2)c(C)c1NC(=O)CN(C)Cc1ccccc1Br. The standard InChI is InChI=1S/C21H23BrN4O/c1-15-21(16(2)26(24-15)18-10-5-4-6-11-18)23-20(27)14-25(3)13-17-9-7-8-12-19(17)22/h4-12H,13-14H2,1-3H3,(H,23,27). The van der Waals surface area contributed by atoms with E-state index in [-0.39, 0.29) is 5.91 Å². The Morgan fingerprint density at radius 2 is 1.78 bits per heavy atom. The van der Waals surface area contributed by atoms with E-state index in [9.17, 15) is 4.79 Å². The highest BCUT2D eigenvalue weighted by molar-refractivity contribution is 9.10. The summed E-state index contributed by atoms with van der Waals surface area (Å²) >= 11 is 3.55. The molecule has 5 nitrogen and oxygen atoms in total. The molecule has 140 valence electrons. The van der Waals surface area contributed by atoms with E-state index in [4.69, 9.17) is 0 Å². The summed E-state index contributed by atoms with van der Waals surface area (Å²) < 4.78 is 2.91. The Morgan fingerprint density at radius 1 is 1.11 bits per heavy atom. The molecular weight excluding hydrogens is 404 g/mol. The maximum Gasteiger partial charge on any atom is 0.238 e. The summed E-state index contributed by atoms with van der Waals surface area (Å²) in [6.07, 6.45) is 0. The first-order valence-electron chi connectivity index (χ1n) is 8.79. The number of nitrogens with zero attached hydrogens (tertiary/aromatic N) is 3. The van der Waals surface area contributed by atoms with Crippen molar-refractivity contribution in [3.63, 3.8) is 0 Å². The molecule has 1 aromatic heterocycles. The van der Waals surface area contributed by atoms with Crippen LogP contribution in [0.4, 0.5) is 5.69 Å². The molecule has 0 bridgehead atoms. The number of carbonyl (C=O) groups excluding carboxylic acids is 1. The molecule has 0 spiro atoms. The average Bonchev–Trinajstić information content (AvgIpc) is 2.92. The number of hydrogen-bond acceptors (Lipinski definition) is 3. The number of aryl methyl sites for hydroxylation is 1. The first-order chi connectivity index (χ1) is 13.0. The minimum absolute atomic E-state index is 0.0524. The fraction of sp³-hybridized carbons (Fsp3) is 0.238. The van der Waals surface area contributed by atoms with Gasteiger partial charge in [-0.05, 0) is 44.7 Å². The highest BCUT2D eigenvalue weighted by atomic mass is 79.9. The maximum absolute atomic E-state index is 12.5. The molecule has 0 atom stereocenters. The predicted molar refractivity (Wildman–Crippen MR) is 112 cm³/mol. The third-order valence-corrected chi connectivity index (χ3v) is 5.14. The number of hydrogen-bond donors (Lipinski definition) is 1. The lowest BCUT2D eigenvalue weighted by Crippen LogP contribution is -2.30. The maximum atomic E-state index is 12.5. The van der Waals surface area contributed by atoms with Crippen LogP contribution in [0.25, 0.3) is 5.69 Å². The molecule has 2 aromatic carbocycles. The van der Waals surface area contributed by atoms with Crippen molar-refractivity contribution in [1.29, 1.82) is 0 Å². The van der Waals surface area contributed by atoms with Crippen LogP contribution in [0.1, 0.15) is 17.0 Å². The van der Waals surface area contributed by atoms with Crippen LogP contribution in [-0.4, -0.2) is 34.2 Å². The molecule has 1 amide bonds. The number of para-hydroxylation sites is 1. The molecule has 3 rings (SSSR count). The summed E-state index contributed by atoms with van der Waals surface area (Å²) in [4.78, 5) is 14.5. The van der Waals surface area contributed by atoms with Crippen LogP contribution in [0.5, 0.6) is 0 Å². The Labute approximate surface area is 168 Å². The molecule has 3 aromatic rings. The lowest BCUT2D eigenvalue weighted by Gasteiger charge is -2.17. The molecule has 6 heteroatoms. The first-order valence-corrected chi connectivity index (χ1v) is 9.58. The molecule has 0 aliphatic heterocycles. The molecule has 1 heterocycles. The Balaban J connectivity index is 1.68. The van der Waals surface area contributed by atoms with E-state index in [0.717, 1.165) is 32.8 Å². The molecule has 27 heavy (non-hydrogen) atoms. The summed E-state index contributed by atoms with van der Waals surface area (Å²) in [5.74, 6) is -0.0524. The van der Waals surface area contributed by atoms with E-state index in [2.05, 4.69) is 32.4 Å². The third kappa shape index (κ3) is 4.64. The molecule has 0 saturated carbocycles. The minimum Gasteiger partial charge on any atom is -0.322 e. The van der Waals surface area contributed by atoms with Gasteiger partial charge in [-0.3, -0.25) is 9.69 Å². The fourth-order valence-corrected chi connectivity index (χ4v) is 3.45. The van der Waals surface area contributed by atoms with Crippen molar-refractivity contribution in [2.45, 2.75) is 20.4 Å². The summed E-state index contributed by atoms with van der Waals surface area (Å²) in [5.41, 5.74) is 4.62. The number of nitrogens with one attached hydrogen (secondary N) is 1. The first kappa shape index (κ1) is 19.3. The van der Waals surface area contributed by atoms with Gasteiger partial charge in [0.15, 0.2) is 0 Å². The number of benzene rings is 2. The third-order valence-electron chi connectivity index (χ3n) is 4.37. The summed E-state index contributed by atoms with van der Waals surface area (Å²) in [6.45, 7) is 4.87. The lowest BCUT2D eigenvalue weighted by atomic mass is 10.2. The zero-order chi connectivity index (χ0) is 19.4.